The third-order valence-electron chi connectivity index (χ3n) is 1.39. The highest BCUT2D eigenvalue weighted by Gasteiger charge is 2.22. The molecule has 0 saturated heterocycles. The number of hydrogen-bond acceptors (Lipinski definition) is 4. The van der Waals surface area contributed by atoms with Crippen LogP contribution >= 0.6 is 27.3 Å². The van der Waals surface area contributed by atoms with Gasteiger partial charge >= 0.3 is 5.97 Å². The topological polar surface area (TPSA) is 55.8 Å². The number of thiophene rings is 1. The standard InChI is InChI=1S/C7H7BrO4S/c1-11-3-4(12-2)6(8)13-5(3)7(9)10/h1-2H3,(H,9,10). The van der Waals surface area contributed by atoms with Crippen molar-refractivity contribution >= 4 is 33.2 Å². The molecule has 1 aromatic rings. The Labute approximate surface area is 87.2 Å². The summed E-state index contributed by atoms with van der Waals surface area (Å²) < 4.78 is 10.5. The van der Waals surface area contributed by atoms with Gasteiger partial charge in [-0.3, -0.25) is 0 Å². The molecular formula is C7H7BrO4S. The average molecular weight is 267 g/mol. The Hall–Kier alpha value is -0.750. The first kappa shape index (κ1) is 10.3. The summed E-state index contributed by atoms with van der Waals surface area (Å²) in [6.07, 6.45) is 0. The molecule has 0 unspecified atom stereocenters. The fourth-order valence-electron chi connectivity index (χ4n) is 0.874. The second kappa shape index (κ2) is 3.97. The van der Waals surface area contributed by atoms with E-state index in [0.717, 1.165) is 11.3 Å². The van der Waals surface area contributed by atoms with Crippen LogP contribution in [0.4, 0.5) is 0 Å². The van der Waals surface area contributed by atoms with E-state index >= 15 is 0 Å². The molecule has 72 valence electrons. The number of carboxylic acids is 1. The summed E-state index contributed by atoms with van der Waals surface area (Å²) in [7, 11) is 2.87. The molecular weight excluding hydrogens is 260 g/mol. The SMILES string of the molecule is COc1c(Br)sc(C(=O)O)c1OC. The molecule has 6 heteroatoms. The molecule has 1 N–H and O–H groups in total. The molecule has 0 spiro atoms. The summed E-state index contributed by atoms with van der Waals surface area (Å²) in [5, 5.41) is 8.78. The molecule has 0 saturated carbocycles. The monoisotopic (exact) mass is 266 g/mol. The summed E-state index contributed by atoms with van der Waals surface area (Å²) in [6.45, 7) is 0. The lowest BCUT2D eigenvalue weighted by atomic mass is 10.4. The van der Waals surface area contributed by atoms with Crippen LogP contribution in [0.1, 0.15) is 9.67 Å². The van der Waals surface area contributed by atoms with Crippen LogP contribution in [0.5, 0.6) is 11.5 Å². The van der Waals surface area contributed by atoms with Crippen LogP contribution < -0.4 is 9.47 Å². The summed E-state index contributed by atoms with van der Waals surface area (Å²) in [5.74, 6) is -0.345. The highest BCUT2D eigenvalue weighted by molar-refractivity contribution is 9.11. The maximum atomic E-state index is 10.7. The van der Waals surface area contributed by atoms with Crippen molar-refractivity contribution in [3.05, 3.63) is 8.66 Å². The van der Waals surface area contributed by atoms with E-state index in [0.29, 0.717) is 9.54 Å². The van der Waals surface area contributed by atoms with Gasteiger partial charge in [0, 0.05) is 0 Å². The van der Waals surface area contributed by atoms with Gasteiger partial charge in [-0.1, -0.05) is 0 Å². The van der Waals surface area contributed by atoms with E-state index in [9.17, 15) is 4.79 Å². The Kier molecular flexibility index (Phi) is 3.16. The van der Waals surface area contributed by atoms with Crippen molar-refractivity contribution < 1.29 is 19.4 Å². The molecule has 0 aliphatic carbocycles. The fraction of sp³-hybridized carbons (Fsp3) is 0.286. The van der Waals surface area contributed by atoms with Gasteiger partial charge in [-0.2, -0.15) is 0 Å². The maximum Gasteiger partial charge on any atom is 0.349 e. The zero-order chi connectivity index (χ0) is 10.0. The predicted octanol–water partition coefficient (Wildman–Crippen LogP) is 2.23. The van der Waals surface area contributed by atoms with Crippen LogP contribution in [0.25, 0.3) is 0 Å². The summed E-state index contributed by atoms with van der Waals surface area (Å²) >= 11 is 4.25. The number of methoxy groups -OCH3 is 2. The molecule has 0 amide bonds. The lowest BCUT2D eigenvalue weighted by molar-refractivity contribution is 0.0698. The quantitative estimate of drug-likeness (QED) is 0.912. The van der Waals surface area contributed by atoms with Crippen molar-refractivity contribution in [1.29, 1.82) is 0 Å². The Balaban J connectivity index is 3.29. The van der Waals surface area contributed by atoms with Crippen LogP contribution in [-0.4, -0.2) is 25.3 Å². The predicted molar refractivity (Wildman–Crippen MR) is 52.1 cm³/mol. The Morgan fingerprint density at radius 1 is 1.38 bits per heavy atom. The number of carboxylic acid groups (broad SMARTS) is 1. The highest BCUT2D eigenvalue weighted by Crippen LogP contribution is 2.45. The molecule has 0 aromatic carbocycles. The Morgan fingerprint density at radius 3 is 2.31 bits per heavy atom. The van der Waals surface area contributed by atoms with Gasteiger partial charge in [-0.25, -0.2) is 4.79 Å². The number of carbonyl (C=O) groups is 1. The van der Waals surface area contributed by atoms with Crippen LogP contribution in [0.3, 0.4) is 0 Å². The molecule has 13 heavy (non-hydrogen) atoms. The minimum absolute atomic E-state index is 0.131. The van der Waals surface area contributed by atoms with Gasteiger partial charge in [-0.15, -0.1) is 11.3 Å². The van der Waals surface area contributed by atoms with Crippen LogP contribution in [0, 0.1) is 0 Å². The smallest absolute Gasteiger partial charge is 0.349 e. The van der Waals surface area contributed by atoms with Gasteiger partial charge in [-0.05, 0) is 15.9 Å². The molecule has 1 rings (SSSR count). The molecule has 0 aliphatic heterocycles. The zero-order valence-corrected chi connectivity index (χ0v) is 9.36. The highest BCUT2D eigenvalue weighted by atomic mass is 79.9. The molecule has 0 radical (unpaired) electrons. The second-order valence-electron chi connectivity index (χ2n) is 2.08. The van der Waals surface area contributed by atoms with E-state index in [2.05, 4.69) is 15.9 Å². The molecule has 0 atom stereocenters. The Bertz CT molecular complexity index is 333. The minimum atomic E-state index is -1.02. The fourth-order valence-corrected chi connectivity index (χ4v) is 2.51. The summed E-state index contributed by atoms with van der Waals surface area (Å²) in [6, 6.07) is 0. The van der Waals surface area contributed by atoms with Crippen molar-refractivity contribution in [1.82, 2.24) is 0 Å². The van der Waals surface area contributed by atoms with Gasteiger partial charge in [0.15, 0.2) is 16.4 Å². The molecule has 1 heterocycles. The van der Waals surface area contributed by atoms with Crippen LogP contribution in [-0.2, 0) is 0 Å². The summed E-state index contributed by atoms with van der Waals surface area (Å²) in [5.41, 5.74) is 0. The van der Waals surface area contributed by atoms with Crippen LogP contribution in [0.15, 0.2) is 3.79 Å². The van der Waals surface area contributed by atoms with Crippen molar-refractivity contribution in [2.45, 2.75) is 0 Å². The van der Waals surface area contributed by atoms with Gasteiger partial charge < -0.3 is 14.6 Å². The normalized spacial score (nSPS) is 9.77. The molecule has 0 aliphatic rings. The number of ether oxygens (including phenoxy) is 2. The zero-order valence-electron chi connectivity index (χ0n) is 6.96. The first-order chi connectivity index (χ1) is 6.11. The van der Waals surface area contributed by atoms with Crippen molar-refractivity contribution in [2.75, 3.05) is 14.2 Å². The van der Waals surface area contributed by atoms with Crippen molar-refractivity contribution in [3.63, 3.8) is 0 Å². The second-order valence-corrected chi connectivity index (χ2v) is 4.42. The number of hydrogen-bond donors (Lipinski definition) is 1. The van der Waals surface area contributed by atoms with E-state index in [1.807, 2.05) is 0 Å². The van der Waals surface area contributed by atoms with E-state index in [4.69, 9.17) is 14.6 Å². The third-order valence-corrected chi connectivity index (χ3v) is 3.16. The third kappa shape index (κ3) is 1.78. The van der Waals surface area contributed by atoms with Gasteiger partial charge in [0.25, 0.3) is 0 Å². The maximum absolute atomic E-state index is 10.7. The molecule has 0 fully saturated rings. The van der Waals surface area contributed by atoms with E-state index in [1.165, 1.54) is 14.2 Å². The number of halogens is 1. The van der Waals surface area contributed by atoms with Gasteiger partial charge in [0.1, 0.15) is 3.79 Å². The average Bonchev–Trinajstić information content (AvgIpc) is 2.41. The molecule has 4 nitrogen and oxygen atoms in total. The number of aromatic carboxylic acids is 1. The lowest BCUT2D eigenvalue weighted by Crippen LogP contribution is -1.96. The van der Waals surface area contributed by atoms with Crippen LogP contribution in [0.2, 0.25) is 0 Å². The first-order valence-corrected chi connectivity index (χ1v) is 4.86. The molecule has 1 aromatic heterocycles. The number of rotatable bonds is 3. The minimum Gasteiger partial charge on any atom is -0.491 e. The van der Waals surface area contributed by atoms with Crippen molar-refractivity contribution in [3.8, 4) is 11.5 Å². The van der Waals surface area contributed by atoms with E-state index in [-0.39, 0.29) is 10.6 Å². The first-order valence-electron chi connectivity index (χ1n) is 3.25. The van der Waals surface area contributed by atoms with Gasteiger partial charge in [0.05, 0.1) is 14.2 Å². The van der Waals surface area contributed by atoms with Gasteiger partial charge in [0.2, 0.25) is 0 Å². The Morgan fingerprint density at radius 2 is 1.92 bits per heavy atom. The molecule has 0 bridgehead atoms. The van der Waals surface area contributed by atoms with E-state index < -0.39 is 5.97 Å². The summed E-state index contributed by atoms with van der Waals surface area (Å²) in [4.78, 5) is 10.8. The lowest BCUT2D eigenvalue weighted by Gasteiger charge is -2.02. The van der Waals surface area contributed by atoms with Crippen molar-refractivity contribution in [2.24, 2.45) is 0 Å². The van der Waals surface area contributed by atoms with E-state index in [1.54, 1.807) is 0 Å². The largest absolute Gasteiger partial charge is 0.491 e.